The SMILES string of the molecule is CCCCSc1nc(N)cc(Br)n1. The Labute approximate surface area is 90.7 Å². The fraction of sp³-hybridized carbons (Fsp3) is 0.500. The number of hydrogen-bond donors (Lipinski definition) is 1. The summed E-state index contributed by atoms with van der Waals surface area (Å²) in [6.45, 7) is 2.16. The van der Waals surface area contributed by atoms with Crippen LogP contribution in [0.2, 0.25) is 0 Å². The Morgan fingerprint density at radius 2 is 2.31 bits per heavy atom. The number of halogens is 1. The van der Waals surface area contributed by atoms with Crippen molar-refractivity contribution in [1.29, 1.82) is 0 Å². The maximum Gasteiger partial charge on any atom is 0.190 e. The Kier molecular flexibility index (Phi) is 4.52. The minimum Gasteiger partial charge on any atom is -0.384 e. The van der Waals surface area contributed by atoms with Crippen LogP contribution < -0.4 is 5.73 Å². The van der Waals surface area contributed by atoms with Crippen molar-refractivity contribution in [2.24, 2.45) is 0 Å². The summed E-state index contributed by atoms with van der Waals surface area (Å²) in [7, 11) is 0. The van der Waals surface area contributed by atoms with Gasteiger partial charge in [-0.05, 0) is 22.4 Å². The molecule has 1 aromatic heterocycles. The van der Waals surface area contributed by atoms with Gasteiger partial charge in [0.1, 0.15) is 10.4 Å². The van der Waals surface area contributed by atoms with Crippen LogP contribution in [0.4, 0.5) is 5.82 Å². The molecule has 13 heavy (non-hydrogen) atoms. The van der Waals surface area contributed by atoms with E-state index >= 15 is 0 Å². The van der Waals surface area contributed by atoms with E-state index in [0.29, 0.717) is 5.82 Å². The van der Waals surface area contributed by atoms with Gasteiger partial charge < -0.3 is 5.73 Å². The normalized spacial score (nSPS) is 10.3. The first kappa shape index (κ1) is 10.8. The molecule has 0 aliphatic carbocycles. The highest BCUT2D eigenvalue weighted by Gasteiger charge is 2.00. The van der Waals surface area contributed by atoms with Crippen LogP contribution in [0.1, 0.15) is 19.8 Å². The zero-order valence-corrected chi connectivity index (χ0v) is 9.86. The molecule has 72 valence electrons. The van der Waals surface area contributed by atoms with Crippen molar-refractivity contribution in [3.63, 3.8) is 0 Å². The summed E-state index contributed by atoms with van der Waals surface area (Å²) < 4.78 is 0.749. The van der Waals surface area contributed by atoms with Crippen molar-refractivity contribution < 1.29 is 0 Å². The predicted molar refractivity (Wildman–Crippen MR) is 59.8 cm³/mol. The summed E-state index contributed by atoms with van der Waals surface area (Å²) in [4.78, 5) is 8.30. The van der Waals surface area contributed by atoms with Crippen molar-refractivity contribution in [2.45, 2.75) is 24.9 Å². The van der Waals surface area contributed by atoms with Crippen LogP contribution in [0, 0.1) is 0 Å². The Morgan fingerprint density at radius 1 is 1.54 bits per heavy atom. The average Bonchev–Trinajstić information content (AvgIpc) is 2.03. The minimum absolute atomic E-state index is 0.515. The van der Waals surface area contributed by atoms with Gasteiger partial charge >= 0.3 is 0 Å². The second-order valence-electron chi connectivity index (χ2n) is 2.60. The van der Waals surface area contributed by atoms with Gasteiger partial charge in [0.25, 0.3) is 0 Å². The van der Waals surface area contributed by atoms with Crippen molar-refractivity contribution in [2.75, 3.05) is 11.5 Å². The number of nitrogens with two attached hydrogens (primary N) is 1. The molecule has 0 radical (unpaired) electrons. The molecule has 0 saturated heterocycles. The van der Waals surface area contributed by atoms with E-state index in [-0.39, 0.29) is 0 Å². The van der Waals surface area contributed by atoms with Crippen molar-refractivity contribution in [3.8, 4) is 0 Å². The fourth-order valence-electron chi connectivity index (χ4n) is 0.786. The van der Waals surface area contributed by atoms with Crippen LogP contribution in [-0.4, -0.2) is 15.7 Å². The Bertz CT molecular complexity index is 260. The first-order valence-electron chi connectivity index (χ1n) is 4.15. The highest BCUT2D eigenvalue weighted by atomic mass is 79.9. The average molecular weight is 262 g/mol. The Hall–Kier alpha value is -0.290. The lowest BCUT2D eigenvalue weighted by molar-refractivity contribution is 0.887. The second-order valence-corrected chi connectivity index (χ2v) is 4.47. The van der Waals surface area contributed by atoms with Gasteiger partial charge in [0.2, 0.25) is 0 Å². The molecule has 0 saturated carbocycles. The Morgan fingerprint density at radius 3 is 2.92 bits per heavy atom. The molecular weight excluding hydrogens is 250 g/mol. The van der Waals surface area contributed by atoms with Gasteiger partial charge in [0.05, 0.1) is 0 Å². The molecule has 0 aliphatic rings. The molecule has 2 N–H and O–H groups in total. The lowest BCUT2D eigenvalue weighted by Crippen LogP contribution is -1.95. The van der Waals surface area contributed by atoms with E-state index in [2.05, 4.69) is 32.8 Å². The van der Waals surface area contributed by atoms with E-state index in [9.17, 15) is 0 Å². The number of anilines is 1. The van der Waals surface area contributed by atoms with E-state index < -0.39 is 0 Å². The quantitative estimate of drug-likeness (QED) is 0.392. The molecule has 0 aromatic carbocycles. The van der Waals surface area contributed by atoms with Gasteiger partial charge in [-0.1, -0.05) is 25.1 Å². The van der Waals surface area contributed by atoms with E-state index in [1.807, 2.05) is 0 Å². The number of thioether (sulfide) groups is 1. The third kappa shape index (κ3) is 3.95. The standard InChI is InChI=1S/C8H12BrN3S/c1-2-3-4-13-8-11-6(9)5-7(10)12-8/h5H,2-4H2,1H3,(H2,10,11,12). The summed E-state index contributed by atoms with van der Waals surface area (Å²) in [6.07, 6.45) is 2.37. The van der Waals surface area contributed by atoms with Crippen LogP contribution in [0.25, 0.3) is 0 Å². The van der Waals surface area contributed by atoms with Crippen LogP contribution in [-0.2, 0) is 0 Å². The molecule has 0 amide bonds. The van der Waals surface area contributed by atoms with Gasteiger partial charge in [-0.25, -0.2) is 9.97 Å². The molecule has 5 heteroatoms. The molecule has 1 aromatic rings. The third-order valence-corrected chi connectivity index (χ3v) is 2.76. The van der Waals surface area contributed by atoms with Gasteiger partial charge in [0.15, 0.2) is 5.16 Å². The molecule has 0 bridgehead atoms. The zero-order valence-electron chi connectivity index (χ0n) is 7.46. The maximum atomic E-state index is 5.57. The minimum atomic E-state index is 0.515. The van der Waals surface area contributed by atoms with E-state index in [1.54, 1.807) is 17.8 Å². The fourth-order valence-corrected chi connectivity index (χ4v) is 2.25. The van der Waals surface area contributed by atoms with Crippen molar-refractivity contribution >= 4 is 33.5 Å². The summed E-state index contributed by atoms with van der Waals surface area (Å²) >= 11 is 4.92. The van der Waals surface area contributed by atoms with Gasteiger partial charge in [-0.3, -0.25) is 0 Å². The van der Waals surface area contributed by atoms with Crippen molar-refractivity contribution in [3.05, 3.63) is 10.7 Å². The lowest BCUT2D eigenvalue weighted by atomic mass is 10.4. The van der Waals surface area contributed by atoms with Crippen LogP contribution in [0.15, 0.2) is 15.8 Å². The van der Waals surface area contributed by atoms with Crippen molar-refractivity contribution in [1.82, 2.24) is 9.97 Å². The number of nitrogen functional groups attached to an aromatic ring is 1. The summed E-state index contributed by atoms with van der Waals surface area (Å²) in [5, 5.41) is 0.750. The zero-order chi connectivity index (χ0) is 9.68. The topological polar surface area (TPSA) is 51.8 Å². The Balaban J connectivity index is 2.56. The summed E-state index contributed by atoms with van der Waals surface area (Å²) in [5.74, 6) is 1.56. The van der Waals surface area contributed by atoms with E-state index in [1.165, 1.54) is 12.8 Å². The molecule has 0 fully saturated rings. The third-order valence-electron chi connectivity index (χ3n) is 1.42. The van der Waals surface area contributed by atoms with Crippen LogP contribution in [0.5, 0.6) is 0 Å². The molecule has 0 unspecified atom stereocenters. The van der Waals surface area contributed by atoms with Gasteiger partial charge in [0, 0.05) is 11.8 Å². The van der Waals surface area contributed by atoms with Crippen LogP contribution in [0.3, 0.4) is 0 Å². The molecule has 3 nitrogen and oxygen atoms in total. The summed E-state index contributed by atoms with van der Waals surface area (Å²) in [6, 6.07) is 1.70. The number of unbranched alkanes of at least 4 members (excludes halogenated alkanes) is 1. The first-order chi connectivity index (χ1) is 6.22. The van der Waals surface area contributed by atoms with Gasteiger partial charge in [-0.15, -0.1) is 0 Å². The lowest BCUT2D eigenvalue weighted by Gasteiger charge is -2.00. The number of hydrogen-bond acceptors (Lipinski definition) is 4. The number of nitrogens with zero attached hydrogens (tertiary/aromatic N) is 2. The molecule has 1 heterocycles. The highest BCUT2D eigenvalue weighted by Crippen LogP contribution is 2.18. The maximum absolute atomic E-state index is 5.57. The molecule has 0 aliphatic heterocycles. The summed E-state index contributed by atoms with van der Waals surface area (Å²) in [5.41, 5.74) is 5.57. The molecule has 0 spiro atoms. The first-order valence-corrected chi connectivity index (χ1v) is 5.93. The largest absolute Gasteiger partial charge is 0.384 e. The molecular formula is C8H12BrN3S. The monoisotopic (exact) mass is 261 g/mol. The van der Waals surface area contributed by atoms with Gasteiger partial charge in [-0.2, -0.15) is 0 Å². The van der Waals surface area contributed by atoms with Crippen LogP contribution >= 0.6 is 27.7 Å². The van der Waals surface area contributed by atoms with E-state index in [4.69, 9.17) is 5.73 Å². The second kappa shape index (κ2) is 5.44. The molecule has 0 atom stereocenters. The number of rotatable bonds is 4. The van der Waals surface area contributed by atoms with E-state index in [0.717, 1.165) is 15.5 Å². The predicted octanol–water partition coefficient (Wildman–Crippen LogP) is 2.71. The smallest absolute Gasteiger partial charge is 0.190 e. The number of aromatic nitrogens is 2. The molecule has 1 rings (SSSR count). The highest BCUT2D eigenvalue weighted by molar-refractivity contribution is 9.10.